The highest BCUT2D eigenvalue weighted by Crippen LogP contribution is 2.28. The second-order valence-electron chi connectivity index (χ2n) is 7.46. The van der Waals surface area contributed by atoms with Crippen molar-refractivity contribution in [1.82, 2.24) is 10.2 Å². The summed E-state index contributed by atoms with van der Waals surface area (Å²) in [5.41, 5.74) is 0.194. The lowest BCUT2D eigenvalue weighted by molar-refractivity contribution is 0.102. The molecule has 1 aromatic heterocycles. The number of sulfonamides is 1. The van der Waals surface area contributed by atoms with Gasteiger partial charge in [-0.1, -0.05) is 29.4 Å². The van der Waals surface area contributed by atoms with E-state index in [9.17, 15) is 21.6 Å². The zero-order valence-electron chi connectivity index (χ0n) is 19.0. The highest BCUT2D eigenvalue weighted by atomic mass is 32.2. The number of nitrogens with one attached hydrogen (secondary N) is 2. The predicted octanol–water partition coefficient (Wildman–Crippen LogP) is 3.20. The van der Waals surface area contributed by atoms with Crippen LogP contribution in [0.2, 0.25) is 0 Å². The number of hydrogen-bond donors (Lipinski definition) is 2. The van der Waals surface area contributed by atoms with Gasteiger partial charge in [0.2, 0.25) is 0 Å². The number of methoxy groups -OCH3 is 1. The number of aromatic nitrogens is 2. The van der Waals surface area contributed by atoms with Gasteiger partial charge < -0.3 is 9.15 Å². The third-order valence-electron chi connectivity index (χ3n) is 4.95. The molecule has 0 fully saturated rings. The van der Waals surface area contributed by atoms with Crippen molar-refractivity contribution in [2.24, 2.45) is 0 Å². The molecule has 36 heavy (non-hydrogen) atoms. The monoisotopic (exact) mass is 528 g/mol. The molecule has 0 bridgehead atoms. The molecule has 0 spiro atoms. The van der Waals surface area contributed by atoms with Crippen LogP contribution in [0.5, 0.6) is 5.75 Å². The van der Waals surface area contributed by atoms with Gasteiger partial charge in [-0.25, -0.2) is 16.8 Å². The first kappa shape index (κ1) is 24.9. The minimum absolute atomic E-state index is 0.00845. The second kappa shape index (κ2) is 9.79. The number of para-hydroxylation sites is 1. The molecule has 3 aromatic carbocycles. The summed E-state index contributed by atoms with van der Waals surface area (Å²) in [5, 5.41) is 9.99. The Bertz CT molecular complexity index is 1630. The molecular formula is C23H20N4O7S2. The van der Waals surface area contributed by atoms with Gasteiger partial charge in [0.15, 0.2) is 9.84 Å². The Morgan fingerprint density at radius 3 is 2.25 bits per heavy atom. The molecule has 0 unspecified atom stereocenters. The van der Waals surface area contributed by atoms with E-state index in [1.54, 1.807) is 24.3 Å². The molecule has 0 atom stereocenters. The van der Waals surface area contributed by atoms with Gasteiger partial charge in [0.25, 0.3) is 21.8 Å². The minimum atomic E-state index is -4.01. The van der Waals surface area contributed by atoms with E-state index in [-0.39, 0.29) is 38.5 Å². The first-order chi connectivity index (χ1) is 17.1. The van der Waals surface area contributed by atoms with Crippen molar-refractivity contribution in [1.29, 1.82) is 0 Å². The van der Waals surface area contributed by atoms with E-state index in [0.29, 0.717) is 5.75 Å². The van der Waals surface area contributed by atoms with Gasteiger partial charge >= 0.3 is 6.01 Å². The third-order valence-corrected chi connectivity index (χ3v) is 7.48. The average molecular weight is 529 g/mol. The van der Waals surface area contributed by atoms with E-state index in [2.05, 4.69) is 20.2 Å². The maximum absolute atomic E-state index is 12.9. The second-order valence-corrected chi connectivity index (χ2v) is 11.1. The van der Waals surface area contributed by atoms with Crippen LogP contribution >= 0.6 is 0 Å². The lowest BCUT2D eigenvalue weighted by Crippen LogP contribution is -2.18. The van der Waals surface area contributed by atoms with Gasteiger partial charge in [-0.3, -0.25) is 14.8 Å². The number of benzene rings is 3. The van der Waals surface area contributed by atoms with Gasteiger partial charge in [-0.15, -0.1) is 5.10 Å². The van der Waals surface area contributed by atoms with Gasteiger partial charge in [0.05, 0.1) is 33.7 Å². The Kier molecular flexibility index (Phi) is 6.77. The fourth-order valence-electron chi connectivity index (χ4n) is 3.24. The van der Waals surface area contributed by atoms with Crippen LogP contribution in [0.1, 0.15) is 10.4 Å². The number of rotatable bonds is 8. The summed E-state index contributed by atoms with van der Waals surface area (Å²) in [6.45, 7) is 0. The molecule has 0 aliphatic heterocycles. The Balaban J connectivity index is 1.57. The molecule has 0 aliphatic rings. The summed E-state index contributed by atoms with van der Waals surface area (Å²) >= 11 is 0. The van der Waals surface area contributed by atoms with E-state index in [1.165, 1.54) is 55.6 Å². The molecular weight excluding hydrogens is 508 g/mol. The van der Waals surface area contributed by atoms with E-state index in [1.807, 2.05) is 0 Å². The molecule has 186 valence electrons. The lowest BCUT2D eigenvalue weighted by Gasteiger charge is -2.12. The molecule has 11 nitrogen and oxygen atoms in total. The van der Waals surface area contributed by atoms with Crippen molar-refractivity contribution < 1.29 is 30.8 Å². The molecule has 4 aromatic rings. The van der Waals surface area contributed by atoms with E-state index in [0.717, 1.165) is 6.26 Å². The van der Waals surface area contributed by atoms with Gasteiger partial charge in [0.1, 0.15) is 5.75 Å². The van der Waals surface area contributed by atoms with Crippen LogP contribution in [0.25, 0.3) is 11.5 Å². The normalized spacial score (nSPS) is 11.6. The number of ether oxygens (including phenoxy) is 1. The SMILES string of the molecule is COc1ccc(S(=O)(=O)Nc2ccccc2C(=O)Nc2nnc(-c3ccccc3S(C)(=O)=O)o2)cc1. The first-order valence-corrected chi connectivity index (χ1v) is 13.7. The van der Waals surface area contributed by atoms with Gasteiger partial charge in [-0.05, 0) is 48.5 Å². The molecule has 13 heteroatoms. The van der Waals surface area contributed by atoms with E-state index >= 15 is 0 Å². The number of sulfone groups is 1. The summed E-state index contributed by atoms with van der Waals surface area (Å²) in [7, 11) is -6.12. The smallest absolute Gasteiger partial charge is 0.322 e. The Morgan fingerprint density at radius 1 is 0.889 bits per heavy atom. The Labute approximate surface area is 207 Å². The van der Waals surface area contributed by atoms with Crippen LogP contribution in [-0.4, -0.2) is 46.3 Å². The van der Waals surface area contributed by atoms with E-state index in [4.69, 9.17) is 9.15 Å². The number of carbonyl (C=O) groups is 1. The van der Waals surface area contributed by atoms with Crippen LogP contribution in [-0.2, 0) is 19.9 Å². The molecule has 2 N–H and O–H groups in total. The predicted molar refractivity (Wildman–Crippen MR) is 131 cm³/mol. The minimum Gasteiger partial charge on any atom is -0.497 e. The molecule has 1 amide bonds. The molecule has 0 saturated heterocycles. The number of carbonyl (C=O) groups excluding carboxylic acids is 1. The third kappa shape index (κ3) is 5.37. The molecule has 1 heterocycles. The Morgan fingerprint density at radius 2 is 1.56 bits per heavy atom. The summed E-state index contributed by atoms with van der Waals surface area (Å²) in [6, 6.07) is 17.5. The van der Waals surface area contributed by atoms with Crippen molar-refractivity contribution in [2.45, 2.75) is 9.79 Å². The van der Waals surface area contributed by atoms with Crippen LogP contribution < -0.4 is 14.8 Å². The highest BCUT2D eigenvalue weighted by Gasteiger charge is 2.22. The summed E-state index contributed by atoms with van der Waals surface area (Å²) in [6.07, 6.45) is 1.05. The van der Waals surface area contributed by atoms with Crippen LogP contribution in [0.15, 0.2) is 87.0 Å². The van der Waals surface area contributed by atoms with E-state index < -0.39 is 25.8 Å². The van der Waals surface area contributed by atoms with Gasteiger partial charge in [0, 0.05) is 6.26 Å². The maximum Gasteiger partial charge on any atom is 0.322 e. The standard InChI is InChI=1S/C23H20N4O7S2/c1-33-15-11-13-16(14-12-15)36(31,32)27-19-9-5-3-7-17(19)21(28)24-23-26-25-22(34-23)18-8-4-6-10-20(18)35(2,29)30/h3-14,27H,1-2H3,(H,24,26,28). The fourth-order valence-corrected chi connectivity index (χ4v) is 5.20. The maximum atomic E-state index is 12.9. The topological polar surface area (TPSA) is 158 Å². The quantitative estimate of drug-likeness (QED) is 0.350. The highest BCUT2D eigenvalue weighted by molar-refractivity contribution is 7.92. The van der Waals surface area contributed by atoms with Crippen molar-refractivity contribution in [3.63, 3.8) is 0 Å². The fraction of sp³-hybridized carbons (Fsp3) is 0.0870. The first-order valence-electron chi connectivity index (χ1n) is 10.3. The van der Waals surface area contributed by atoms with Crippen molar-refractivity contribution in [2.75, 3.05) is 23.4 Å². The summed E-state index contributed by atoms with van der Waals surface area (Å²) < 4.78 is 62.7. The number of anilines is 2. The van der Waals surface area contributed by atoms with Gasteiger partial charge in [-0.2, -0.15) is 0 Å². The number of hydrogen-bond acceptors (Lipinski definition) is 9. The molecule has 0 saturated carbocycles. The molecule has 0 aliphatic carbocycles. The van der Waals surface area contributed by atoms with Crippen molar-refractivity contribution in [3.05, 3.63) is 78.4 Å². The van der Waals surface area contributed by atoms with Crippen molar-refractivity contribution >= 4 is 37.5 Å². The van der Waals surface area contributed by atoms with Crippen LogP contribution in [0, 0.1) is 0 Å². The largest absolute Gasteiger partial charge is 0.497 e. The average Bonchev–Trinajstić information content (AvgIpc) is 3.32. The summed E-state index contributed by atoms with van der Waals surface area (Å²) in [5.74, 6) is -0.346. The molecule has 4 rings (SSSR count). The summed E-state index contributed by atoms with van der Waals surface area (Å²) in [4.78, 5) is 12.9. The zero-order chi connectivity index (χ0) is 25.9. The van der Waals surface area contributed by atoms with Crippen LogP contribution in [0.4, 0.5) is 11.7 Å². The lowest BCUT2D eigenvalue weighted by atomic mass is 10.2. The Hall–Kier alpha value is -4.23. The number of nitrogens with zero attached hydrogens (tertiary/aromatic N) is 2. The molecule has 0 radical (unpaired) electrons. The van der Waals surface area contributed by atoms with Crippen LogP contribution in [0.3, 0.4) is 0 Å². The number of amides is 1. The zero-order valence-corrected chi connectivity index (χ0v) is 20.6. The van der Waals surface area contributed by atoms with Crippen molar-refractivity contribution in [3.8, 4) is 17.2 Å².